The molecule has 0 bridgehead atoms. The van der Waals surface area contributed by atoms with Gasteiger partial charge in [0.25, 0.3) is 5.56 Å². The second kappa shape index (κ2) is 7.92. The van der Waals surface area contributed by atoms with Gasteiger partial charge >= 0.3 is 5.97 Å². The van der Waals surface area contributed by atoms with E-state index in [-0.39, 0.29) is 23.4 Å². The van der Waals surface area contributed by atoms with Gasteiger partial charge in [-0.1, -0.05) is 34.1 Å². The van der Waals surface area contributed by atoms with Gasteiger partial charge in [0.05, 0.1) is 18.5 Å². The van der Waals surface area contributed by atoms with Gasteiger partial charge in [-0.15, -0.1) is 0 Å². The Labute approximate surface area is 148 Å². The first-order chi connectivity index (χ1) is 11.5. The van der Waals surface area contributed by atoms with Crippen molar-refractivity contribution in [2.45, 2.75) is 6.92 Å². The topological polar surface area (TPSA) is 74.8 Å². The van der Waals surface area contributed by atoms with Gasteiger partial charge in [0, 0.05) is 30.3 Å². The van der Waals surface area contributed by atoms with E-state index >= 15 is 0 Å². The number of hydrogen-bond donors (Lipinski definition) is 1. The number of ether oxygens (including phenoxy) is 1. The van der Waals surface area contributed by atoms with Crippen LogP contribution in [0.4, 0.5) is 5.69 Å². The molecule has 7 heteroatoms. The highest BCUT2D eigenvalue weighted by Gasteiger charge is 2.21. The van der Waals surface area contributed by atoms with Crippen molar-refractivity contribution in [2.24, 2.45) is 4.99 Å². The number of carbonyl (C=O) groups excluding carboxylic acids is 1. The van der Waals surface area contributed by atoms with E-state index in [9.17, 15) is 9.59 Å². The molecule has 2 aromatic rings. The van der Waals surface area contributed by atoms with Crippen LogP contribution in [-0.4, -0.2) is 42.9 Å². The molecule has 6 nitrogen and oxygen atoms in total. The third kappa shape index (κ3) is 3.91. The number of benzene rings is 1. The number of halogens is 1. The van der Waals surface area contributed by atoms with E-state index in [1.807, 2.05) is 24.3 Å². The number of carbonyl (C=O) groups is 1. The van der Waals surface area contributed by atoms with Crippen LogP contribution in [0.2, 0.25) is 0 Å². The van der Waals surface area contributed by atoms with Gasteiger partial charge in [0.1, 0.15) is 5.69 Å². The smallest absolute Gasteiger partial charge is 0.340 e. The van der Waals surface area contributed by atoms with E-state index in [0.717, 1.165) is 4.47 Å². The summed E-state index contributed by atoms with van der Waals surface area (Å²) in [6.07, 6.45) is 2.88. The molecule has 1 N–H and O–H groups in total. The summed E-state index contributed by atoms with van der Waals surface area (Å²) in [6.45, 7) is 1.97. The average Bonchev–Trinajstić information content (AvgIpc) is 2.54. The molecular formula is C17H18BrN3O3. The number of pyridine rings is 1. The largest absolute Gasteiger partial charge is 0.462 e. The standard InChI is InChI=1S/C17H18BrN3O3/c1-4-24-17(23)12-9-19-16(22)15(20-10-21(2)3)14(12)11-7-5-6-8-13(11)18/h5-10H,4H2,1-3H3,(H,19,22). The highest BCUT2D eigenvalue weighted by molar-refractivity contribution is 9.10. The molecule has 0 amide bonds. The average molecular weight is 392 g/mol. The molecule has 1 aromatic carbocycles. The minimum absolute atomic E-state index is 0.154. The van der Waals surface area contributed by atoms with Crippen molar-refractivity contribution in [1.82, 2.24) is 9.88 Å². The molecule has 0 atom stereocenters. The second-order valence-electron chi connectivity index (χ2n) is 5.16. The van der Waals surface area contributed by atoms with Crippen LogP contribution >= 0.6 is 15.9 Å². The molecule has 1 heterocycles. The quantitative estimate of drug-likeness (QED) is 0.482. The predicted molar refractivity (Wildman–Crippen MR) is 98.0 cm³/mol. The van der Waals surface area contributed by atoms with Crippen molar-refractivity contribution in [3.05, 3.63) is 50.9 Å². The first-order valence-electron chi connectivity index (χ1n) is 7.34. The molecule has 1 aromatic heterocycles. The molecule has 24 heavy (non-hydrogen) atoms. The third-order valence-electron chi connectivity index (χ3n) is 3.13. The number of aromatic amines is 1. The number of hydrogen-bond acceptors (Lipinski definition) is 4. The van der Waals surface area contributed by atoms with Crippen molar-refractivity contribution >= 4 is 33.9 Å². The van der Waals surface area contributed by atoms with Crippen molar-refractivity contribution in [3.63, 3.8) is 0 Å². The fraction of sp³-hybridized carbons (Fsp3) is 0.235. The van der Waals surface area contributed by atoms with Gasteiger partial charge in [-0.05, 0) is 18.6 Å². The van der Waals surface area contributed by atoms with Crippen LogP contribution in [0.1, 0.15) is 17.3 Å². The Morgan fingerprint density at radius 3 is 2.71 bits per heavy atom. The van der Waals surface area contributed by atoms with Gasteiger partial charge in [-0.25, -0.2) is 9.79 Å². The maximum absolute atomic E-state index is 12.3. The van der Waals surface area contributed by atoms with Crippen LogP contribution in [0.5, 0.6) is 0 Å². The Morgan fingerprint density at radius 2 is 2.08 bits per heavy atom. The molecular weight excluding hydrogens is 374 g/mol. The molecule has 0 aliphatic carbocycles. The fourth-order valence-corrected chi connectivity index (χ4v) is 2.61. The Kier molecular flexibility index (Phi) is 5.92. The van der Waals surface area contributed by atoms with Gasteiger partial charge in [-0.2, -0.15) is 0 Å². The molecule has 0 unspecified atom stereocenters. The molecule has 0 aliphatic rings. The first-order valence-corrected chi connectivity index (χ1v) is 8.13. The van der Waals surface area contributed by atoms with Crippen LogP contribution in [-0.2, 0) is 4.74 Å². The normalized spacial score (nSPS) is 10.8. The van der Waals surface area contributed by atoms with E-state index in [4.69, 9.17) is 4.74 Å². The number of esters is 1. The maximum atomic E-state index is 12.3. The minimum atomic E-state index is -0.513. The van der Waals surface area contributed by atoms with Gasteiger partial charge in [0.2, 0.25) is 0 Å². The molecule has 2 rings (SSSR count). The van der Waals surface area contributed by atoms with Crippen molar-refractivity contribution in [1.29, 1.82) is 0 Å². The zero-order valence-corrected chi connectivity index (χ0v) is 15.3. The molecule has 0 saturated heterocycles. The van der Waals surface area contributed by atoms with Crippen LogP contribution in [0.15, 0.2) is 44.7 Å². The summed E-state index contributed by atoms with van der Waals surface area (Å²) < 4.78 is 5.86. The lowest BCUT2D eigenvalue weighted by atomic mass is 10.00. The summed E-state index contributed by atoms with van der Waals surface area (Å²) in [5, 5.41) is 0. The fourth-order valence-electron chi connectivity index (χ4n) is 2.12. The summed E-state index contributed by atoms with van der Waals surface area (Å²) >= 11 is 3.47. The van der Waals surface area contributed by atoms with Gasteiger partial charge in [-0.3, -0.25) is 4.79 Å². The molecule has 0 saturated carbocycles. The van der Waals surface area contributed by atoms with E-state index in [2.05, 4.69) is 25.9 Å². The monoisotopic (exact) mass is 391 g/mol. The second-order valence-corrected chi connectivity index (χ2v) is 6.02. The molecule has 0 aliphatic heterocycles. The number of H-pyrrole nitrogens is 1. The zero-order chi connectivity index (χ0) is 17.7. The number of nitrogens with zero attached hydrogens (tertiary/aromatic N) is 2. The van der Waals surface area contributed by atoms with E-state index in [1.54, 1.807) is 25.9 Å². The Bertz CT molecular complexity index is 828. The molecule has 0 fully saturated rings. The zero-order valence-electron chi connectivity index (χ0n) is 13.7. The highest BCUT2D eigenvalue weighted by atomic mass is 79.9. The van der Waals surface area contributed by atoms with Gasteiger partial charge in [0.15, 0.2) is 0 Å². The predicted octanol–water partition coefficient (Wildman–Crippen LogP) is 3.20. The van der Waals surface area contributed by atoms with Crippen molar-refractivity contribution in [3.8, 4) is 11.1 Å². The van der Waals surface area contributed by atoms with E-state index in [0.29, 0.717) is 11.1 Å². The van der Waals surface area contributed by atoms with E-state index in [1.165, 1.54) is 12.5 Å². The van der Waals surface area contributed by atoms with Crippen LogP contribution in [0, 0.1) is 0 Å². The molecule has 0 spiro atoms. The Hall–Kier alpha value is -2.41. The number of aromatic nitrogens is 1. The highest BCUT2D eigenvalue weighted by Crippen LogP contribution is 2.35. The SMILES string of the molecule is CCOC(=O)c1c[nH]c(=O)c(N=CN(C)C)c1-c1ccccc1Br. The summed E-state index contributed by atoms with van der Waals surface area (Å²) in [5.41, 5.74) is 1.16. The van der Waals surface area contributed by atoms with Crippen LogP contribution in [0.25, 0.3) is 11.1 Å². The Balaban J connectivity index is 2.79. The summed E-state index contributed by atoms with van der Waals surface area (Å²) in [6, 6.07) is 7.34. The molecule has 126 valence electrons. The Morgan fingerprint density at radius 1 is 1.38 bits per heavy atom. The summed E-state index contributed by atoms with van der Waals surface area (Å²) in [5.74, 6) is -0.513. The van der Waals surface area contributed by atoms with Crippen molar-refractivity contribution in [2.75, 3.05) is 20.7 Å². The number of aliphatic imine (C=N–C) groups is 1. The lowest BCUT2D eigenvalue weighted by Gasteiger charge is -2.13. The number of rotatable bonds is 5. The minimum Gasteiger partial charge on any atom is -0.462 e. The maximum Gasteiger partial charge on any atom is 0.340 e. The number of nitrogens with one attached hydrogen (secondary N) is 1. The summed E-state index contributed by atoms with van der Waals surface area (Å²) in [7, 11) is 3.59. The van der Waals surface area contributed by atoms with Crippen LogP contribution in [0.3, 0.4) is 0 Å². The first kappa shape index (κ1) is 17.9. The lowest BCUT2D eigenvalue weighted by Crippen LogP contribution is -2.15. The van der Waals surface area contributed by atoms with Crippen molar-refractivity contribution < 1.29 is 9.53 Å². The summed E-state index contributed by atoms with van der Waals surface area (Å²) in [4.78, 5) is 33.2. The van der Waals surface area contributed by atoms with E-state index < -0.39 is 5.97 Å². The third-order valence-corrected chi connectivity index (χ3v) is 3.82. The lowest BCUT2D eigenvalue weighted by molar-refractivity contribution is 0.0527. The van der Waals surface area contributed by atoms with Gasteiger partial charge < -0.3 is 14.6 Å². The van der Waals surface area contributed by atoms with Crippen LogP contribution < -0.4 is 5.56 Å². The molecule has 0 radical (unpaired) electrons.